The highest BCUT2D eigenvalue weighted by Gasteiger charge is 2.10. The molecular formula is C18H20N2O3. The van der Waals surface area contributed by atoms with Crippen molar-refractivity contribution in [2.45, 2.75) is 19.4 Å². The van der Waals surface area contributed by atoms with Crippen LogP contribution in [0.1, 0.15) is 13.3 Å². The predicted octanol–water partition coefficient (Wildman–Crippen LogP) is 3.69. The van der Waals surface area contributed by atoms with Gasteiger partial charge in [0.15, 0.2) is 5.58 Å². The van der Waals surface area contributed by atoms with Crippen molar-refractivity contribution in [2.24, 2.45) is 0 Å². The number of fused-ring (bicyclic) bond motifs is 1. The lowest BCUT2D eigenvalue weighted by molar-refractivity contribution is 0.104. The monoisotopic (exact) mass is 312 g/mol. The molecule has 0 spiro atoms. The van der Waals surface area contributed by atoms with Crippen LogP contribution >= 0.6 is 0 Å². The van der Waals surface area contributed by atoms with E-state index in [1.54, 1.807) is 6.07 Å². The molecule has 1 heterocycles. The fraction of sp³-hybridized carbons (Fsp3) is 0.278. The number of ether oxygens (including phenoxy) is 1. The number of oxazole rings is 1. The van der Waals surface area contributed by atoms with Crippen molar-refractivity contribution in [1.82, 2.24) is 4.98 Å². The third-order valence-electron chi connectivity index (χ3n) is 3.69. The number of nitrogens with zero attached hydrogens (tertiary/aromatic N) is 1. The maximum atomic E-state index is 9.56. The van der Waals surface area contributed by atoms with Gasteiger partial charge in [0.25, 0.3) is 0 Å². The van der Waals surface area contributed by atoms with E-state index in [1.807, 2.05) is 50.4 Å². The summed E-state index contributed by atoms with van der Waals surface area (Å²) in [6.07, 6.45) is 0.207. The van der Waals surface area contributed by atoms with Crippen molar-refractivity contribution < 1.29 is 14.3 Å². The number of rotatable bonds is 6. The lowest BCUT2D eigenvalue weighted by Crippen LogP contribution is -2.15. The van der Waals surface area contributed by atoms with Crippen LogP contribution in [0.2, 0.25) is 0 Å². The van der Waals surface area contributed by atoms with E-state index >= 15 is 0 Å². The molecule has 0 fully saturated rings. The van der Waals surface area contributed by atoms with Crippen LogP contribution < -0.4 is 10.1 Å². The fourth-order valence-corrected chi connectivity index (χ4v) is 2.21. The summed E-state index contributed by atoms with van der Waals surface area (Å²) in [5, 5.41) is 12.6. The van der Waals surface area contributed by atoms with Crippen molar-refractivity contribution in [2.75, 3.05) is 19.0 Å². The number of aliphatic hydroxyl groups is 1. The molecule has 0 unspecified atom stereocenters. The first-order valence-corrected chi connectivity index (χ1v) is 7.69. The van der Waals surface area contributed by atoms with Crippen LogP contribution in [0.4, 0.5) is 5.69 Å². The molecule has 120 valence electrons. The van der Waals surface area contributed by atoms with Crippen LogP contribution in [0.25, 0.3) is 22.6 Å². The fourth-order valence-electron chi connectivity index (χ4n) is 2.21. The SMILES string of the molecule is CC[C@H](O)COc1ccc2nc(-c3ccc(NC)cc3)oc2c1. The lowest BCUT2D eigenvalue weighted by Gasteiger charge is -2.09. The van der Waals surface area contributed by atoms with Gasteiger partial charge >= 0.3 is 0 Å². The Labute approximate surface area is 134 Å². The van der Waals surface area contributed by atoms with Gasteiger partial charge in [-0.3, -0.25) is 0 Å². The van der Waals surface area contributed by atoms with Gasteiger partial charge in [-0.05, 0) is 42.8 Å². The Morgan fingerprint density at radius 3 is 2.70 bits per heavy atom. The molecule has 1 aromatic heterocycles. The highest BCUT2D eigenvalue weighted by atomic mass is 16.5. The van der Waals surface area contributed by atoms with Crippen LogP contribution in [0.15, 0.2) is 46.9 Å². The first-order valence-electron chi connectivity index (χ1n) is 7.69. The number of nitrogens with one attached hydrogen (secondary N) is 1. The van der Waals surface area contributed by atoms with E-state index in [0.29, 0.717) is 23.6 Å². The zero-order valence-electron chi connectivity index (χ0n) is 13.2. The van der Waals surface area contributed by atoms with E-state index in [2.05, 4.69) is 10.3 Å². The van der Waals surface area contributed by atoms with Crippen molar-refractivity contribution in [3.8, 4) is 17.2 Å². The lowest BCUT2D eigenvalue weighted by atomic mass is 10.2. The van der Waals surface area contributed by atoms with Gasteiger partial charge < -0.3 is 19.6 Å². The number of benzene rings is 2. The van der Waals surface area contributed by atoms with Crippen molar-refractivity contribution in [3.63, 3.8) is 0 Å². The Morgan fingerprint density at radius 1 is 1.22 bits per heavy atom. The van der Waals surface area contributed by atoms with Gasteiger partial charge in [0.1, 0.15) is 17.9 Å². The summed E-state index contributed by atoms with van der Waals surface area (Å²) in [7, 11) is 1.88. The van der Waals surface area contributed by atoms with E-state index in [1.165, 1.54) is 0 Å². The molecule has 5 heteroatoms. The molecule has 0 aliphatic heterocycles. The first-order chi connectivity index (χ1) is 11.2. The van der Waals surface area contributed by atoms with Crippen molar-refractivity contribution in [3.05, 3.63) is 42.5 Å². The molecule has 23 heavy (non-hydrogen) atoms. The number of aliphatic hydroxyl groups excluding tert-OH is 1. The Kier molecular flexibility index (Phi) is 4.48. The molecule has 3 rings (SSSR count). The minimum Gasteiger partial charge on any atom is -0.491 e. The molecule has 3 aromatic rings. The summed E-state index contributed by atoms with van der Waals surface area (Å²) < 4.78 is 11.4. The summed E-state index contributed by atoms with van der Waals surface area (Å²) in [4.78, 5) is 4.50. The van der Waals surface area contributed by atoms with Gasteiger partial charge in [0.2, 0.25) is 5.89 Å². The molecule has 5 nitrogen and oxygen atoms in total. The minimum atomic E-state index is -0.457. The molecule has 0 saturated heterocycles. The van der Waals surface area contributed by atoms with Crippen LogP contribution in [0.3, 0.4) is 0 Å². The summed E-state index contributed by atoms with van der Waals surface area (Å²) in [5.41, 5.74) is 3.40. The first kappa shape index (κ1) is 15.4. The van der Waals surface area contributed by atoms with Crippen molar-refractivity contribution >= 4 is 16.8 Å². The van der Waals surface area contributed by atoms with Crippen LogP contribution in [0.5, 0.6) is 5.75 Å². The van der Waals surface area contributed by atoms with Crippen LogP contribution in [0, 0.1) is 0 Å². The van der Waals surface area contributed by atoms with E-state index < -0.39 is 6.10 Å². The topological polar surface area (TPSA) is 67.5 Å². The maximum Gasteiger partial charge on any atom is 0.227 e. The molecule has 0 saturated carbocycles. The average molecular weight is 312 g/mol. The molecule has 0 aliphatic rings. The minimum absolute atomic E-state index is 0.272. The highest BCUT2D eigenvalue weighted by molar-refractivity contribution is 5.77. The molecular weight excluding hydrogens is 292 g/mol. The van der Waals surface area contributed by atoms with Gasteiger partial charge in [-0.1, -0.05) is 6.92 Å². The molecule has 0 radical (unpaired) electrons. The van der Waals surface area contributed by atoms with Crippen LogP contribution in [-0.4, -0.2) is 29.8 Å². The highest BCUT2D eigenvalue weighted by Crippen LogP contribution is 2.27. The molecule has 0 amide bonds. The van der Waals surface area contributed by atoms with Crippen LogP contribution in [-0.2, 0) is 0 Å². The van der Waals surface area contributed by atoms with Gasteiger partial charge in [-0.15, -0.1) is 0 Å². The Hall–Kier alpha value is -2.53. The van der Waals surface area contributed by atoms with Gasteiger partial charge in [0, 0.05) is 24.4 Å². The number of hydrogen-bond acceptors (Lipinski definition) is 5. The Morgan fingerprint density at radius 2 is 2.00 bits per heavy atom. The van der Waals surface area contributed by atoms with Gasteiger partial charge in [-0.25, -0.2) is 4.98 Å². The maximum absolute atomic E-state index is 9.56. The summed E-state index contributed by atoms with van der Waals surface area (Å²) >= 11 is 0. The summed E-state index contributed by atoms with van der Waals surface area (Å²) in [5.74, 6) is 1.24. The zero-order chi connectivity index (χ0) is 16.2. The van der Waals surface area contributed by atoms with Crippen molar-refractivity contribution in [1.29, 1.82) is 0 Å². The molecule has 0 aliphatic carbocycles. The third-order valence-corrected chi connectivity index (χ3v) is 3.69. The van der Waals surface area contributed by atoms with E-state index in [-0.39, 0.29) is 6.61 Å². The number of hydrogen-bond donors (Lipinski definition) is 2. The zero-order valence-corrected chi connectivity index (χ0v) is 13.2. The summed E-state index contributed by atoms with van der Waals surface area (Å²) in [6.45, 7) is 2.19. The molecule has 2 aromatic carbocycles. The number of aromatic nitrogens is 1. The summed E-state index contributed by atoms with van der Waals surface area (Å²) in [6, 6.07) is 13.4. The van der Waals surface area contributed by atoms with E-state index in [0.717, 1.165) is 16.8 Å². The second-order valence-corrected chi connectivity index (χ2v) is 5.35. The van der Waals surface area contributed by atoms with Gasteiger partial charge in [-0.2, -0.15) is 0 Å². The van der Waals surface area contributed by atoms with Gasteiger partial charge in [0.05, 0.1) is 6.10 Å². The standard InChI is InChI=1S/C18H20N2O3/c1-3-14(21)11-22-15-8-9-16-17(10-15)23-18(20-16)12-4-6-13(19-2)7-5-12/h4-10,14,19,21H,3,11H2,1-2H3/t14-/m0/s1. The quantitative estimate of drug-likeness (QED) is 0.726. The Balaban J connectivity index is 1.83. The molecule has 1 atom stereocenters. The van der Waals surface area contributed by atoms with E-state index in [4.69, 9.17) is 9.15 Å². The largest absolute Gasteiger partial charge is 0.491 e. The van der Waals surface area contributed by atoms with E-state index in [9.17, 15) is 5.11 Å². The molecule has 0 bridgehead atoms. The third kappa shape index (κ3) is 3.46. The second-order valence-electron chi connectivity index (χ2n) is 5.35. The molecule has 2 N–H and O–H groups in total. The number of anilines is 1. The second kappa shape index (κ2) is 6.71. The predicted molar refractivity (Wildman–Crippen MR) is 90.8 cm³/mol. The Bertz CT molecular complexity index is 781. The smallest absolute Gasteiger partial charge is 0.227 e. The normalized spacial score (nSPS) is 12.3. The average Bonchev–Trinajstić information content (AvgIpc) is 3.03.